The van der Waals surface area contributed by atoms with E-state index in [0.717, 1.165) is 11.1 Å². The predicted molar refractivity (Wildman–Crippen MR) is 118 cm³/mol. The monoisotopic (exact) mass is 436 g/mol. The molecular weight excluding hydrogens is 416 g/mol. The van der Waals surface area contributed by atoms with Crippen LogP contribution in [0.3, 0.4) is 0 Å². The minimum Gasteiger partial charge on any atom is -0.337 e. The van der Waals surface area contributed by atoms with E-state index in [-0.39, 0.29) is 18.0 Å². The van der Waals surface area contributed by atoms with E-state index in [0.29, 0.717) is 30.3 Å². The summed E-state index contributed by atoms with van der Waals surface area (Å²) < 4.78 is 2.83. The number of benzene rings is 2. The molecule has 0 bridgehead atoms. The number of hydrogen-bond donors (Lipinski definition) is 0. The van der Waals surface area contributed by atoms with Crippen molar-refractivity contribution in [3.05, 3.63) is 87.4 Å². The van der Waals surface area contributed by atoms with Crippen molar-refractivity contribution in [2.45, 2.75) is 26.6 Å². The molecule has 0 aliphatic carbocycles. The highest BCUT2D eigenvalue weighted by Gasteiger charge is 2.17. The summed E-state index contributed by atoms with van der Waals surface area (Å²) in [7, 11) is 0. The molecule has 0 N–H and O–H groups in total. The zero-order valence-electron chi connectivity index (χ0n) is 17.0. The lowest BCUT2D eigenvalue weighted by Crippen LogP contribution is -2.36. The molecule has 0 saturated carbocycles. The summed E-state index contributed by atoms with van der Waals surface area (Å²) in [5.74, 6) is -0.164. The maximum Gasteiger partial charge on any atom is 0.283 e. The van der Waals surface area contributed by atoms with Gasteiger partial charge >= 0.3 is 0 Å². The van der Waals surface area contributed by atoms with Crippen LogP contribution in [0.25, 0.3) is 11.2 Å². The molecule has 1 amide bonds. The van der Waals surface area contributed by atoms with Crippen LogP contribution in [-0.2, 0) is 24.4 Å². The van der Waals surface area contributed by atoms with Gasteiger partial charge in [-0.2, -0.15) is 0 Å². The van der Waals surface area contributed by atoms with Gasteiger partial charge in [0.2, 0.25) is 5.91 Å². The molecule has 4 aromatic rings. The van der Waals surface area contributed by atoms with Crippen LogP contribution >= 0.6 is 11.6 Å². The molecule has 158 valence electrons. The van der Waals surface area contributed by atoms with Crippen molar-refractivity contribution in [3.63, 3.8) is 0 Å². The van der Waals surface area contributed by atoms with Crippen LogP contribution in [0.1, 0.15) is 18.1 Å². The predicted octanol–water partition coefficient (Wildman–Crippen LogP) is 2.74. The number of aromatic nitrogens is 5. The second-order valence-electron chi connectivity index (χ2n) is 7.12. The van der Waals surface area contributed by atoms with Gasteiger partial charge in [-0.05, 0) is 30.2 Å². The minimum atomic E-state index is -0.392. The molecule has 2 aromatic heterocycles. The van der Waals surface area contributed by atoms with Gasteiger partial charge in [0.1, 0.15) is 12.9 Å². The Morgan fingerprint density at radius 3 is 2.52 bits per heavy atom. The first-order valence-electron chi connectivity index (χ1n) is 9.90. The maximum absolute atomic E-state index is 12.9. The third-order valence-corrected chi connectivity index (χ3v) is 5.25. The second kappa shape index (κ2) is 9.09. The van der Waals surface area contributed by atoms with Gasteiger partial charge in [0, 0.05) is 18.1 Å². The summed E-state index contributed by atoms with van der Waals surface area (Å²) in [6, 6.07) is 17.1. The first-order chi connectivity index (χ1) is 15.0. The average Bonchev–Trinajstić information content (AvgIpc) is 3.19. The number of halogens is 1. The Hall–Kier alpha value is -3.52. The standard InChI is InChI=1S/C22H21ClN6O2/c1-2-27(12-16-6-4-3-5-7-16)19(30)14-28-15-24-21-20(22(28)31)25-26-29(21)13-17-8-10-18(23)11-9-17/h3-11,15H,2,12-14H2,1H3. The second-order valence-corrected chi connectivity index (χ2v) is 7.55. The van der Waals surface area contributed by atoms with Gasteiger partial charge in [0.15, 0.2) is 11.2 Å². The van der Waals surface area contributed by atoms with Crippen molar-refractivity contribution in [3.8, 4) is 0 Å². The molecule has 0 radical (unpaired) electrons. The molecular formula is C22H21ClN6O2. The van der Waals surface area contributed by atoms with Crippen molar-refractivity contribution < 1.29 is 4.79 Å². The molecule has 0 saturated heterocycles. The molecule has 0 atom stereocenters. The van der Waals surface area contributed by atoms with Gasteiger partial charge in [0.25, 0.3) is 5.56 Å². The number of likely N-dealkylation sites (N-methyl/N-ethyl adjacent to an activating group) is 1. The summed E-state index contributed by atoms with van der Waals surface area (Å²) in [5, 5.41) is 8.71. The Labute approximate surface area is 183 Å². The highest BCUT2D eigenvalue weighted by Crippen LogP contribution is 2.12. The molecule has 0 aliphatic heterocycles. The summed E-state index contributed by atoms with van der Waals surface area (Å²) >= 11 is 5.92. The van der Waals surface area contributed by atoms with Crippen LogP contribution in [0.2, 0.25) is 5.02 Å². The number of fused-ring (bicyclic) bond motifs is 1. The smallest absolute Gasteiger partial charge is 0.283 e. The van der Waals surface area contributed by atoms with E-state index >= 15 is 0 Å². The fourth-order valence-electron chi connectivity index (χ4n) is 3.29. The lowest BCUT2D eigenvalue weighted by atomic mass is 10.2. The van der Waals surface area contributed by atoms with Crippen molar-refractivity contribution in [2.24, 2.45) is 0 Å². The van der Waals surface area contributed by atoms with E-state index < -0.39 is 5.56 Å². The number of nitrogens with zero attached hydrogens (tertiary/aromatic N) is 6. The largest absolute Gasteiger partial charge is 0.337 e. The highest BCUT2D eigenvalue weighted by atomic mass is 35.5. The molecule has 4 rings (SSSR count). The Balaban J connectivity index is 1.53. The number of carbonyl (C=O) groups excluding carboxylic acids is 1. The lowest BCUT2D eigenvalue weighted by molar-refractivity contribution is -0.132. The topological polar surface area (TPSA) is 85.9 Å². The Morgan fingerprint density at radius 1 is 1.06 bits per heavy atom. The van der Waals surface area contributed by atoms with Crippen LogP contribution in [0, 0.1) is 0 Å². The molecule has 9 heteroatoms. The molecule has 0 spiro atoms. The van der Waals surface area contributed by atoms with Gasteiger partial charge in [0.05, 0.1) is 6.54 Å². The van der Waals surface area contributed by atoms with E-state index in [9.17, 15) is 9.59 Å². The molecule has 2 aromatic carbocycles. The molecule has 0 unspecified atom stereocenters. The van der Waals surface area contributed by atoms with Crippen molar-refractivity contribution >= 4 is 28.7 Å². The van der Waals surface area contributed by atoms with Crippen LogP contribution in [0.15, 0.2) is 65.7 Å². The maximum atomic E-state index is 12.9. The van der Waals surface area contributed by atoms with Crippen molar-refractivity contribution in [2.75, 3.05) is 6.54 Å². The van der Waals surface area contributed by atoms with Gasteiger partial charge in [-0.25, -0.2) is 9.67 Å². The minimum absolute atomic E-state index is 0.105. The fourth-order valence-corrected chi connectivity index (χ4v) is 3.42. The number of carbonyl (C=O) groups is 1. The molecule has 8 nitrogen and oxygen atoms in total. The van der Waals surface area contributed by atoms with Crippen LogP contribution < -0.4 is 5.56 Å². The van der Waals surface area contributed by atoms with Crippen LogP contribution in [0.5, 0.6) is 0 Å². The quantitative estimate of drug-likeness (QED) is 0.444. The normalized spacial score (nSPS) is 11.0. The summed E-state index contributed by atoms with van der Waals surface area (Å²) in [6.45, 7) is 3.23. The summed E-state index contributed by atoms with van der Waals surface area (Å²) in [6.07, 6.45) is 1.38. The number of amides is 1. The van der Waals surface area contributed by atoms with E-state index in [2.05, 4.69) is 15.3 Å². The Kier molecular flexibility index (Phi) is 6.08. The van der Waals surface area contributed by atoms with Crippen LogP contribution in [0.4, 0.5) is 0 Å². The van der Waals surface area contributed by atoms with E-state index in [4.69, 9.17) is 11.6 Å². The first-order valence-corrected chi connectivity index (χ1v) is 10.3. The zero-order valence-corrected chi connectivity index (χ0v) is 17.7. The third-order valence-electron chi connectivity index (χ3n) is 4.99. The van der Waals surface area contributed by atoms with Crippen molar-refractivity contribution in [1.82, 2.24) is 29.4 Å². The Bertz CT molecular complexity index is 1250. The molecule has 0 aliphatic rings. The van der Waals surface area contributed by atoms with Gasteiger partial charge in [-0.1, -0.05) is 59.3 Å². The lowest BCUT2D eigenvalue weighted by Gasteiger charge is -2.21. The Morgan fingerprint density at radius 2 is 1.81 bits per heavy atom. The fraction of sp³-hybridized carbons (Fsp3) is 0.227. The highest BCUT2D eigenvalue weighted by molar-refractivity contribution is 6.30. The van der Waals surface area contributed by atoms with Gasteiger partial charge in [-0.15, -0.1) is 5.10 Å². The molecule has 0 fully saturated rings. The van der Waals surface area contributed by atoms with Gasteiger partial charge in [-0.3, -0.25) is 14.2 Å². The zero-order chi connectivity index (χ0) is 21.8. The number of rotatable bonds is 7. The summed E-state index contributed by atoms with van der Waals surface area (Å²) in [4.78, 5) is 31.7. The third kappa shape index (κ3) is 4.64. The van der Waals surface area contributed by atoms with Gasteiger partial charge < -0.3 is 4.90 Å². The molecule has 2 heterocycles. The van der Waals surface area contributed by atoms with E-state index in [1.807, 2.05) is 49.4 Å². The van der Waals surface area contributed by atoms with Crippen molar-refractivity contribution in [1.29, 1.82) is 0 Å². The summed E-state index contributed by atoms with van der Waals surface area (Å²) in [5.41, 5.74) is 2.10. The molecule has 31 heavy (non-hydrogen) atoms. The van der Waals surface area contributed by atoms with E-state index in [1.165, 1.54) is 10.9 Å². The average molecular weight is 437 g/mol. The first kappa shape index (κ1) is 20.7. The van der Waals surface area contributed by atoms with Crippen LogP contribution in [-0.4, -0.2) is 41.9 Å². The SMILES string of the molecule is CCN(Cc1ccccc1)C(=O)Cn1cnc2c(nnn2Cc2ccc(Cl)cc2)c1=O. The number of hydrogen-bond acceptors (Lipinski definition) is 5. The van der Waals surface area contributed by atoms with E-state index in [1.54, 1.807) is 21.7 Å².